The van der Waals surface area contributed by atoms with Crippen LogP contribution >= 0.6 is 11.8 Å². The SMILES string of the molecule is CC(=O)CC(C)(C)NC(=O)CCSc1ccc(NC(C)=O)cc1. The van der Waals surface area contributed by atoms with Crippen LogP contribution in [0.1, 0.15) is 40.5 Å². The van der Waals surface area contributed by atoms with Gasteiger partial charge in [0.25, 0.3) is 0 Å². The number of Topliss-reactive ketones (excluding diaryl/α,β-unsaturated/α-hetero) is 1. The third-order valence-electron chi connectivity index (χ3n) is 2.94. The number of ketones is 1. The summed E-state index contributed by atoms with van der Waals surface area (Å²) in [6.45, 7) is 6.68. The molecule has 2 amide bonds. The van der Waals surface area contributed by atoms with E-state index < -0.39 is 5.54 Å². The summed E-state index contributed by atoms with van der Waals surface area (Å²) in [5.74, 6) is 0.555. The van der Waals surface area contributed by atoms with Gasteiger partial charge < -0.3 is 10.6 Å². The van der Waals surface area contributed by atoms with Gasteiger partial charge in [-0.15, -0.1) is 11.8 Å². The lowest BCUT2D eigenvalue weighted by Crippen LogP contribution is -2.44. The van der Waals surface area contributed by atoms with Gasteiger partial charge in [0.2, 0.25) is 11.8 Å². The molecule has 0 aliphatic carbocycles. The van der Waals surface area contributed by atoms with Crippen LogP contribution in [0, 0.1) is 0 Å². The van der Waals surface area contributed by atoms with E-state index in [2.05, 4.69) is 10.6 Å². The van der Waals surface area contributed by atoms with E-state index in [9.17, 15) is 14.4 Å². The number of amides is 2. The van der Waals surface area contributed by atoms with Gasteiger partial charge in [0, 0.05) is 41.6 Å². The highest BCUT2D eigenvalue weighted by atomic mass is 32.2. The standard InChI is InChI=1S/C17H24N2O3S/c1-12(20)11-17(3,4)19-16(22)9-10-23-15-7-5-14(6-8-15)18-13(2)21/h5-8H,9-11H2,1-4H3,(H,18,21)(H,19,22). The quantitative estimate of drug-likeness (QED) is 0.716. The number of nitrogens with one attached hydrogen (secondary N) is 2. The first-order valence-corrected chi connectivity index (χ1v) is 8.47. The molecule has 1 aromatic carbocycles. The maximum Gasteiger partial charge on any atom is 0.221 e. The molecule has 0 aromatic heterocycles. The van der Waals surface area contributed by atoms with Crippen molar-refractivity contribution in [3.8, 4) is 0 Å². The Bertz CT molecular complexity index is 568. The van der Waals surface area contributed by atoms with Crippen molar-refractivity contribution < 1.29 is 14.4 Å². The smallest absolute Gasteiger partial charge is 0.221 e. The molecule has 0 bridgehead atoms. The van der Waals surface area contributed by atoms with Crippen molar-refractivity contribution in [3.63, 3.8) is 0 Å². The zero-order valence-corrected chi connectivity index (χ0v) is 14.9. The molecule has 0 saturated heterocycles. The van der Waals surface area contributed by atoms with Crippen molar-refractivity contribution in [2.45, 2.75) is 51.0 Å². The Labute approximate surface area is 141 Å². The number of carbonyl (C=O) groups is 3. The van der Waals surface area contributed by atoms with Gasteiger partial charge >= 0.3 is 0 Å². The van der Waals surface area contributed by atoms with Crippen LogP contribution in [-0.4, -0.2) is 28.9 Å². The molecule has 2 N–H and O–H groups in total. The number of anilines is 1. The largest absolute Gasteiger partial charge is 0.351 e. The Balaban J connectivity index is 2.37. The number of carbonyl (C=O) groups excluding carboxylic acids is 3. The molecule has 0 aliphatic heterocycles. The van der Waals surface area contributed by atoms with Gasteiger partial charge in [-0.25, -0.2) is 0 Å². The predicted octanol–water partition coefficient (Wildman–Crippen LogP) is 3.00. The van der Waals surface area contributed by atoms with E-state index in [0.717, 1.165) is 10.6 Å². The Morgan fingerprint density at radius 2 is 1.70 bits per heavy atom. The second-order valence-corrected chi connectivity index (χ2v) is 7.28. The van der Waals surface area contributed by atoms with E-state index in [0.29, 0.717) is 18.6 Å². The van der Waals surface area contributed by atoms with Crippen LogP contribution < -0.4 is 10.6 Å². The summed E-state index contributed by atoms with van der Waals surface area (Å²) in [4.78, 5) is 35.1. The van der Waals surface area contributed by atoms with Crippen molar-refractivity contribution in [2.24, 2.45) is 0 Å². The van der Waals surface area contributed by atoms with E-state index in [-0.39, 0.29) is 17.6 Å². The van der Waals surface area contributed by atoms with Gasteiger partial charge in [0.1, 0.15) is 5.78 Å². The summed E-state index contributed by atoms with van der Waals surface area (Å²) in [6, 6.07) is 7.49. The van der Waals surface area contributed by atoms with E-state index >= 15 is 0 Å². The summed E-state index contributed by atoms with van der Waals surface area (Å²) in [5.41, 5.74) is 0.249. The first-order chi connectivity index (χ1) is 10.7. The fourth-order valence-electron chi connectivity index (χ4n) is 2.21. The molecule has 0 radical (unpaired) electrons. The van der Waals surface area contributed by atoms with Gasteiger partial charge in [-0.2, -0.15) is 0 Å². The minimum Gasteiger partial charge on any atom is -0.351 e. The van der Waals surface area contributed by atoms with Crippen LogP contribution in [0.3, 0.4) is 0 Å². The normalized spacial score (nSPS) is 11.0. The zero-order valence-electron chi connectivity index (χ0n) is 14.1. The topological polar surface area (TPSA) is 75.3 Å². The minimum absolute atomic E-state index is 0.0568. The Hall–Kier alpha value is -1.82. The van der Waals surface area contributed by atoms with Crippen LogP contribution in [0.2, 0.25) is 0 Å². The van der Waals surface area contributed by atoms with Crippen molar-refractivity contribution >= 4 is 35.0 Å². The second kappa shape index (κ2) is 8.72. The molecule has 0 atom stereocenters. The lowest BCUT2D eigenvalue weighted by atomic mass is 9.98. The predicted molar refractivity (Wildman–Crippen MR) is 93.6 cm³/mol. The molecule has 0 aliphatic rings. The number of thioether (sulfide) groups is 1. The molecule has 1 rings (SSSR count). The Kier molecular flexibility index (Phi) is 7.29. The summed E-state index contributed by atoms with van der Waals surface area (Å²) >= 11 is 1.58. The van der Waals surface area contributed by atoms with Crippen molar-refractivity contribution in [1.82, 2.24) is 5.32 Å². The van der Waals surface area contributed by atoms with Gasteiger partial charge in [-0.05, 0) is 45.0 Å². The molecule has 6 heteroatoms. The van der Waals surface area contributed by atoms with E-state index in [1.54, 1.807) is 11.8 Å². The van der Waals surface area contributed by atoms with Crippen molar-refractivity contribution in [1.29, 1.82) is 0 Å². The monoisotopic (exact) mass is 336 g/mol. The highest BCUT2D eigenvalue weighted by Gasteiger charge is 2.21. The van der Waals surface area contributed by atoms with Crippen LogP contribution in [0.4, 0.5) is 5.69 Å². The summed E-state index contributed by atoms with van der Waals surface area (Å²) in [5, 5.41) is 5.59. The summed E-state index contributed by atoms with van der Waals surface area (Å²) < 4.78 is 0. The average molecular weight is 336 g/mol. The summed E-state index contributed by atoms with van der Waals surface area (Å²) in [7, 11) is 0. The molecular weight excluding hydrogens is 312 g/mol. The molecule has 0 fully saturated rings. The third-order valence-corrected chi connectivity index (χ3v) is 3.95. The Morgan fingerprint density at radius 1 is 1.09 bits per heavy atom. The van der Waals surface area contributed by atoms with Crippen LogP contribution in [0.5, 0.6) is 0 Å². The van der Waals surface area contributed by atoms with Gasteiger partial charge in [-0.1, -0.05) is 0 Å². The fraction of sp³-hybridized carbons (Fsp3) is 0.471. The highest BCUT2D eigenvalue weighted by Crippen LogP contribution is 2.21. The number of hydrogen-bond acceptors (Lipinski definition) is 4. The van der Waals surface area contributed by atoms with Gasteiger partial charge in [-0.3, -0.25) is 14.4 Å². The molecule has 0 heterocycles. The highest BCUT2D eigenvalue weighted by molar-refractivity contribution is 7.99. The van der Waals surface area contributed by atoms with Crippen LogP contribution in [-0.2, 0) is 14.4 Å². The maximum absolute atomic E-state index is 11.9. The molecule has 1 aromatic rings. The summed E-state index contributed by atoms with van der Waals surface area (Å²) in [6.07, 6.45) is 0.718. The second-order valence-electron chi connectivity index (χ2n) is 6.11. The molecule has 0 unspecified atom stereocenters. The van der Waals surface area contributed by atoms with Gasteiger partial charge in [0.15, 0.2) is 0 Å². The van der Waals surface area contributed by atoms with Gasteiger partial charge in [0.05, 0.1) is 0 Å². The van der Waals surface area contributed by atoms with Crippen molar-refractivity contribution in [2.75, 3.05) is 11.1 Å². The zero-order chi connectivity index (χ0) is 17.5. The number of rotatable bonds is 8. The fourth-order valence-corrected chi connectivity index (χ4v) is 3.06. The minimum atomic E-state index is -0.506. The maximum atomic E-state index is 11.9. The molecule has 126 valence electrons. The molecule has 0 spiro atoms. The average Bonchev–Trinajstić information content (AvgIpc) is 2.37. The first-order valence-electron chi connectivity index (χ1n) is 7.49. The lowest BCUT2D eigenvalue weighted by molar-refractivity contribution is -0.123. The molecular formula is C17H24N2O3S. The third kappa shape index (κ3) is 8.40. The van der Waals surface area contributed by atoms with E-state index in [1.165, 1.54) is 13.8 Å². The van der Waals surface area contributed by atoms with Crippen LogP contribution in [0.15, 0.2) is 29.2 Å². The van der Waals surface area contributed by atoms with Crippen LogP contribution in [0.25, 0.3) is 0 Å². The molecule has 5 nitrogen and oxygen atoms in total. The molecule has 23 heavy (non-hydrogen) atoms. The van der Waals surface area contributed by atoms with E-state index in [1.807, 2.05) is 38.1 Å². The molecule has 0 saturated carbocycles. The van der Waals surface area contributed by atoms with E-state index in [4.69, 9.17) is 0 Å². The van der Waals surface area contributed by atoms with Crippen molar-refractivity contribution in [3.05, 3.63) is 24.3 Å². The number of hydrogen-bond donors (Lipinski definition) is 2. The first kappa shape index (κ1) is 19.2. The number of benzene rings is 1. The lowest BCUT2D eigenvalue weighted by Gasteiger charge is -2.25. The Morgan fingerprint density at radius 3 is 2.22 bits per heavy atom.